The minimum Gasteiger partial charge on any atom is -0.425 e. The first-order chi connectivity index (χ1) is 26.6. The zero-order valence-electron chi connectivity index (χ0n) is 28.1. The van der Waals surface area contributed by atoms with Gasteiger partial charge in [-0.05, 0) is 72.8 Å². The monoisotopic (exact) mass is 764 g/mol. The zero-order chi connectivity index (χ0) is 39.3. The van der Waals surface area contributed by atoms with E-state index in [0.29, 0.717) is 20.8 Å². The summed E-state index contributed by atoms with van der Waals surface area (Å²) in [7, 11) is 0. The van der Waals surface area contributed by atoms with Crippen LogP contribution in [-0.4, -0.2) is 54.8 Å². The summed E-state index contributed by atoms with van der Waals surface area (Å²) in [6, 6.07) is 22.1. The van der Waals surface area contributed by atoms with Gasteiger partial charge in [0.25, 0.3) is 0 Å². The Morgan fingerprint density at radius 2 is 1.09 bits per heavy atom. The Morgan fingerprint density at radius 3 is 1.56 bits per heavy atom. The van der Waals surface area contributed by atoms with Crippen molar-refractivity contribution in [2.24, 2.45) is 0 Å². The topological polar surface area (TPSA) is 213 Å². The van der Waals surface area contributed by atoms with Crippen LogP contribution in [0.4, 0.5) is 9.59 Å². The second-order valence-electron chi connectivity index (χ2n) is 10.3. The van der Waals surface area contributed by atoms with Crippen molar-refractivity contribution < 1.29 is 66.7 Å². The van der Waals surface area contributed by atoms with E-state index in [-0.39, 0.29) is 39.6 Å². The molecule has 0 amide bonds. The van der Waals surface area contributed by atoms with Crippen LogP contribution in [0.1, 0.15) is 26.3 Å². The highest BCUT2D eigenvalue weighted by Gasteiger charge is 2.21. The number of nitrogens with zero attached hydrogens (tertiary/aromatic N) is 2. The highest BCUT2D eigenvalue weighted by molar-refractivity contribution is 7.22. The van der Waals surface area contributed by atoms with E-state index in [0.717, 1.165) is 23.5 Å². The molecular weight excluding hydrogens is 740 g/mol. The molecule has 0 atom stereocenters. The molecule has 0 radical (unpaired) electrons. The minimum atomic E-state index is -1.16. The van der Waals surface area contributed by atoms with Gasteiger partial charge in [0.05, 0.1) is 22.8 Å². The number of rotatable bonds is 13. The molecule has 5 aromatic rings. The van der Waals surface area contributed by atoms with Gasteiger partial charge in [0.2, 0.25) is 13.6 Å². The Hall–Kier alpha value is -7.84. The fourth-order valence-corrected chi connectivity index (χ4v) is 5.25. The van der Waals surface area contributed by atoms with Gasteiger partial charge in [0.15, 0.2) is 11.5 Å². The summed E-state index contributed by atoms with van der Waals surface area (Å²) >= 11 is 1.14. The summed E-state index contributed by atoms with van der Waals surface area (Å²) in [5.74, 6) is -3.01. The highest BCUT2D eigenvalue weighted by Crippen LogP contribution is 2.41. The molecule has 276 valence electrons. The summed E-state index contributed by atoms with van der Waals surface area (Å²) in [5.41, 5.74) is 1.40. The van der Waals surface area contributed by atoms with Crippen molar-refractivity contribution in [3.8, 4) is 39.6 Å². The number of aromatic nitrogens is 1. The van der Waals surface area contributed by atoms with Gasteiger partial charge in [-0.15, -0.1) is 11.3 Å². The Morgan fingerprint density at radius 1 is 0.618 bits per heavy atom. The van der Waals surface area contributed by atoms with E-state index < -0.39 is 49.8 Å². The van der Waals surface area contributed by atoms with Crippen LogP contribution in [-0.2, 0) is 28.5 Å². The molecule has 4 aromatic carbocycles. The molecule has 0 unspecified atom stereocenters. The normalized spacial score (nSPS) is 10.2. The number of fused-ring (bicyclic) bond motifs is 1. The quantitative estimate of drug-likeness (QED) is 0.0402. The standard InChI is InChI=1S/C38H24N2O14S/c1-3-30(41)47-20-49-37(45)51-26-13-9-24(10-14-26)35(43)53-28-17-18-29(33-32(28)40-34(55-33)23-7-5-22(19-39)6-8-23)54-36(44)25-11-15-27(16-12-25)52-38(46)50-21-48-31(42)4-2/h3-18H,1-2,20-21H2. The molecule has 0 aliphatic heterocycles. The van der Waals surface area contributed by atoms with Crippen LogP contribution in [0.5, 0.6) is 23.0 Å². The number of ether oxygens (including phenoxy) is 8. The Kier molecular flexibility index (Phi) is 12.6. The lowest BCUT2D eigenvalue weighted by atomic mass is 10.1. The van der Waals surface area contributed by atoms with Gasteiger partial charge in [-0.1, -0.05) is 25.3 Å². The number of carbonyl (C=O) groups is 6. The number of nitriles is 1. The number of hydrogen-bond donors (Lipinski definition) is 0. The molecule has 0 spiro atoms. The van der Waals surface area contributed by atoms with Crippen molar-refractivity contribution in [2.45, 2.75) is 0 Å². The van der Waals surface area contributed by atoms with Crippen LogP contribution >= 0.6 is 11.3 Å². The van der Waals surface area contributed by atoms with Crippen LogP contribution < -0.4 is 18.9 Å². The van der Waals surface area contributed by atoms with Crippen LogP contribution in [0.2, 0.25) is 0 Å². The smallest absolute Gasteiger partial charge is 0.425 e. The van der Waals surface area contributed by atoms with Crippen LogP contribution in [0.25, 0.3) is 20.8 Å². The van der Waals surface area contributed by atoms with Crippen molar-refractivity contribution >= 4 is 57.7 Å². The summed E-state index contributed by atoms with van der Waals surface area (Å²) < 4.78 is 40.1. The van der Waals surface area contributed by atoms with Gasteiger partial charge in [0.1, 0.15) is 26.7 Å². The van der Waals surface area contributed by atoms with Gasteiger partial charge < -0.3 is 37.9 Å². The van der Waals surface area contributed by atoms with Gasteiger partial charge >= 0.3 is 36.2 Å². The Labute approximate surface area is 314 Å². The molecule has 17 heteroatoms. The molecule has 55 heavy (non-hydrogen) atoms. The average Bonchev–Trinajstić information content (AvgIpc) is 3.65. The highest BCUT2D eigenvalue weighted by atomic mass is 32.1. The molecule has 1 heterocycles. The number of esters is 4. The number of benzene rings is 4. The van der Waals surface area contributed by atoms with Gasteiger partial charge in [0, 0.05) is 17.7 Å². The molecule has 0 aliphatic rings. The summed E-state index contributed by atoms with van der Waals surface area (Å²) in [6.07, 6.45) is -0.531. The Balaban J connectivity index is 1.31. The van der Waals surface area contributed by atoms with Crippen molar-refractivity contribution in [1.82, 2.24) is 4.98 Å². The molecule has 0 fully saturated rings. The molecule has 0 bridgehead atoms. The maximum absolute atomic E-state index is 13.2. The first-order valence-corrected chi connectivity index (χ1v) is 16.2. The first-order valence-electron chi connectivity index (χ1n) is 15.4. The van der Waals surface area contributed by atoms with E-state index in [1.165, 1.54) is 60.7 Å². The molecule has 0 saturated heterocycles. The average molecular weight is 765 g/mol. The predicted octanol–water partition coefficient (Wildman–Crippen LogP) is 6.68. The van der Waals surface area contributed by atoms with Crippen LogP contribution in [0.3, 0.4) is 0 Å². The zero-order valence-corrected chi connectivity index (χ0v) is 28.9. The predicted molar refractivity (Wildman–Crippen MR) is 189 cm³/mol. The molecule has 0 N–H and O–H groups in total. The van der Waals surface area contributed by atoms with Gasteiger partial charge in [-0.25, -0.2) is 33.8 Å². The Bertz CT molecular complexity index is 2190. The lowest BCUT2D eigenvalue weighted by Crippen LogP contribution is -2.15. The summed E-state index contributed by atoms with van der Waals surface area (Å²) in [5, 5.41) is 9.67. The molecule has 0 aliphatic carbocycles. The fraction of sp³-hybridized carbons (Fsp3) is 0.0526. The molecule has 0 saturated carbocycles. The van der Waals surface area contributed by atoms with Crippen molar-refractivity contribution in [3.05, 3.63) is 127 Å². The number of thiazole rings is 1. The SMILES string of the molecule is C=CC(=O)OCOC(=O)Oc1ccc(C(=O)Oc2ccc(OC(=O)c3ccc(OC(=O)OCOC(=O)C=C)cc3)c3sc(-c4ccc(C#N)cc4)nc23)cc1. The van der Waals surface area contributed by atoms with Crippen molar-refractivity contribution in [3.63, 3.8) is 0 Å². The maximum atomic E-state index is 13.2. The van der Waals surface area contributed by atoms with E-state index >= 15 is 0 Å². The van der Waals surface area contributed by atoms with Crippen LogP contribution in [0.15, 0.2) is 110 Å². The second-order valence-corrected chi connectivity index (χ2v) is 11.3. The summed E-state index contributed by atoms with van der Waals surface area (Å²) in [6.45, 7) is 5.05. The fourth-order valence-electron chi connectivity index (χ4n) is 4.21. The van der Waals surface area contributed by atoms with Gasteiger partial charge in [-0.3, -0.25) is 0 Å². The van der Waals surface area contributed by atoms with Crippen molar-refractivity contribution in [1.29, 1.82) is 5.26 Å². The molecule has 16 nitrogen and oxygen atoms in total. The largest absolute Gasteiger partial charge is 0.516 e. The number of carbonyl (C=O) groups excluding carboxylic acids is 6. The van der Waals surface area contributed by atoms with E-state index in [2.05, 4.69) is 37.1 Å². The number of hydrogen-bond acceptors (Lipinski definition) is 17. The third kappa shape index (κ3) is 10.4. The first kappa shape index (κ1) is 38.4. The molecular formula is C38H24N2O14S. The third-order valence-electron chi connectivity index (χ3n) is 6.81. The molecule has 1 aromatic heterocycles. The lowest BCUT2D eigenvalue weighted by Gasteiger charge is -2.10. The molecule has 5 rings (SSSR count). The van der Waals surface area contributed by atoms with E-state index in [1.807, 2.05) is 6.07 Å². The summed E-state index contributed by atoms with van der Waals surface area (Å²) in [4.78, 5) is 76.8. The maximum Gasteiger partial charge on any atom is 0.516 e. The van der Waals surface area contributed by atoms with E-state index in [9.17, 15) is 34.0 Å². The van der Waals surface area contributed by atoms with E-state index in [4.69, 9.17) is 18.9 Å². The van der Waals surface area contributed by atoms with Gasteiger partial charge in [-0.2, -0.15) is 5.26 Å². The lowest BCUT2D eigenvalue weighted by molar-refractivity contribution is -0.147. The van der Waals surface area contributed by atoms with E-state index in [1.54, 1.807) is 24.3 Å². The second kappa shape index (κ2) is 18.1. The van der Waals surface area contributed by atoms with Crippen LogP contribution in [0, 0.1) is 11.3 Å². The minimum absolute atomic E-state index is 0.0186. The van der Waals surface area contributed by atoms with Crippen molar-refractivity contribution in [2.75, 3.05) is 13.6 Å². The third-order valence-corrected chi connectivity index (χ3v) is 7.93.